The van der Waals surface area contributed by atoms with E-state index in [0.717, 1.165) is 11.0 Å². The molecule has 0 saturated carbocycles. The van der Waals surface area contributed by atoms with Gasteiger partial charge in [-0.1, -0.05) is 52.5 Å². The molecule has 26 heavy (non-hydrogen) atoms. The topological polar surface area (TPSA) is 102 Å². The standard InChI is InChI=1S/C14H8Cl4N4O3S/c15-8-5-9(11(17)12(18)10(8)16)20-14(26)21(13(19)23)6-2-1-3-7(4-6)22(24)25/h1-5H,(H2,19,23)(H,20,26). The van der Waals surface area contributed by atoms with Crippen molar-refractivity contribution >= 4 is 86.8 Å². The first-order valence-corrected chi connectivity index (χ1v) is 8.53. The van der Waals surface area contributed by atoms with Crippen molar-refractivity contribution in [2.24, 2.45) is 5.73 Å². The zero-order chi connectivity index (χ0) is 19.6. The number of anilines is 2. The van der Waals surface area contributed by atoms with Crippen LogP contribution >= 0.6 is 58.6 Å². The predicted molar refractivity (Wildman–Crippen MR) is 108 cm³/mol. The number of carbonyl (C=O) groups excluding carboxylic acids is 1. The molecule has 0 bridgehead atoms. The van der Waals surface area contributed by atoms with Crippen molar-refractivity contribution < 1.29 is 9.72 Å². The second-order valence-corrected chi connectivity index (χ2v) is 6.66. The Kier molecular flexibility index (Phi) is 6.48. The summed E-state index contributed by atoms with van der Waals surface area (Å²) in [6, 6.07) is 5.60. The van der Waals surface area contributed by atoms with Crippen LogP contribution in [0.3, 0.4) is 0 Å². The minimum Gasteiger partial charge on any atom is -0.351 e. The quantitative estimate of drug-likeness (QED) is 0.210. The van der Waals surface area contributed by atoms with Crippen LogP contribution in [0.4, 0.5) is 21.9 Å². The fourth-order valence-electron chi connectivity index (χ4n) is 1.93. The number of nitro groups is 1. The molecule has 0 radical (unpaired) electrons. The number of nitrogens with one attached hydrogen (secondary N) is 1. The number of hydrogen-bond donors (Lipinski definition) is 2. The molecule has 0 aromatic heterocycles. The molecule has 0 aliphatic carbocycles. The number of carbonyl (C=O) groups is 1. The van der Waals surface area contributed by atoms with Gasteiger partial charge in [0, 0.05) is 12.1 Å². The lowest BCUT2D eigenvalue weighted by molar-refractivity contribution is -0.384. The minimum absolute atomic E-state index is 0.00731. The van der Waals surface area contributed by atoms with Crippen LogP contribution in [0, 0.1) is 10.1 Å². The van der Waals surface area contributed by atoms with E-state index in [-0.39, 0.29) is 42.3 Å². The number of nitrogens with zero attached hydrogens (tertiary/aromatic N) is 2. The van der Waals surface area contributed by atoms with Crippen molar-refractivity contribution in [3.63, 3.8) is 0 Å². The number of nitro benzene ring substituents is 1. The molecule has 2 aromatic carbocycles. The van der Waals surface area contributed by atoms with Gasteiger partial charge >= 0.3 is 6.03 Å². The van der Waals surface area contributed by atoms with E-state index in [1.165, 1.54) is 24.3 Å². The number of primary amides is 1. The first-order chi connectivity index (χ1) is 12.1. The van der Waals surface area contributed by atoms with Crippen molar-refractivity contribution in [2.45, 2.75) is 0 Å². The highest BCUT2D eigenvalue weighted by molar-refractivity contribution is 7.80. The van der Waals surface area contributed by atoms with Gasteiger partial charge in [-0.25, -0.2) is 9.69 Å². The summed E-state index contributed by atoms with van der Waals surface area (Å²) in [4.78, 5) is 23.0. The van der Waals surface area contributed by atoms with Crippen LogP contribution in [0.15, 0.2) is 30.3 Å². The van der Waals surface area contributed by atoms with E-state index in [9.17, 15) is 14.9 Å². The van der Waals surface area contributed by atoms with E-state index in [2.05, 4.69) is 5.32 Å². The van der Waals surface area contributed by atoms with Gasteiger partial charge in [0.25, 0.3) is 5.69 Å². The maximum Gasteiger partial charge on any atom is 0.325 e. The Morgan fingerprint density at radius 3 is 2.38 bits per heavy atom. The number of urea groups is 1. The third kappa shape index (κ3) is 4.28. The summed E-state index contributed by atoms with van der Waals surface area (Å²) < 4.78 is 0. The number of rotatable bonds is 3. The van der Waals surface area contributed by atoms with Crippen LogP contribution in [0.1, 0.15) is 0 Å². The highest BCUT2D eigenvalue weighted by Crippen LogP contribution is 2.41. The predicted octanol–water partition coefficient (Wildman–Crippen LogP) is 5.49. The summed E-state index contributed by atoms with van der Waals surface area (Å²) in [5.74, 6) is 0. The Labute approximate surface area is 172 Å². The van der Waals surface area contributed by atoms with E-state index in [1.54, 1.807) is 0 Å². The lowest BCUT2D eigenvalue weighted by Gasteiger charge is -2.22. The van der Waals surface area contributed by atoms with Crippen molar-refractivity contribution in [3.8, 4) is 0 Å². The molecule has 12 heteroatoms. The van der Waals surface area contributed by atoms with Crippen LogP contribution in [0.2, 0.25) is 20.1 Å². The highest BCUT2D eigenvalue weighted by Gasteiger charge is 2.22. The molecule has 3 N–H and O–H groups in total. The summed E-state index contributed by atoms with van der Waals surface area (Å²) in [5.41, 5.74) is 5.37. The number of benzene rings is 2. The summed E-state index contributed by atoms with van der Waals surface area (Å²) in [5, 5.41) is 13.6. The lowest BCUT2D eigenvalue weighted by Crippen LogP contribution is -2.43. The summed E-state index contributed by atoms with van der Waals surface area (Å²) in [7, 11) is 0. The highest BCUT2D eigenvalue weighted by atomic mass is 35.5. The Morgan fingerprint density at radius 2 is 1.81 bits per heavy atom. The van der Waals surface area contributed by atoms with Gasteiger partial charge in [0.05, 0.1) is 36.4 Å². The number of hydrogen-bond acceptors (Lipinski definition) is 4. The lowest BCUT2D eigenvalue weighted by atomic mass is 10.2. The number of nitrogens with two attached hydrogens (primary N) is 1. The van der Waals surface area contributed by atoms with Crippen molar-refractivity contribution in [3.05, 3.63) is 60.5 Å². The number of non-ortho nitro benzene ring substituents is 1. The molecule has 7 nitrogen and oxygen atoms in total. The number of amides is 2. The monoisotopic (exact) mass is 452 g/mol. The largest absolute Gasteiger partial charge is 0.351 e. The Balaban J connectivity index is 2.41. The molecular weight excluding hydrogens is 446 g/mol. The van der Waals surface area contributed by atoms with Crippen LogP contribution < -0.4 is 16.0 Å². The Hall–Kier alpha value is -1.84. The Morgan fingerprint density at radius 1 is 1.15 bits per heavy atom. The molecule has 2 rings (SSSR count). The maximum atomic E-state index is 11.8. The average molecular weight is 454 g/mol. The second kappa shape index (κ2) is 8.24. The van der Waals surface area contributed by atoms with Crippen LogP contribution in [0.5, 0.6) is 0 Å². The van der Waals surface area contributed by atoms with Gasteiger partial charge in [-0.05, 0) is 24.4 Å². The van der Waals surface area contributed by atoms with Gasteiger partial charge in [-0.3, -0.25) is 10.1 Å². The van der Waals surface area contributed by atoms with Gasteiger partial charge in [0.15, 0.2) is 5.11 Å². The van der Waals surface area contributed by atoms with E-state index >= 15 is 0 Å². The first kappa shape index (κ1) is 20.5. The molecule has 0 spiro atoms. The molecule has 0 aliphatic rings. The normalized spacial score (nSPS) is 10.3. The van der Waals surface area contributed by atoms with Crippen LogP contribution in [-0.2, 0) is 0 Å². The molecule has 0 fully saturated rings. The third-order valence-corrected chi connectivity index (χ3v) is 5.10. The van der Waals surface area contributed by atoms with E-state index < -0.39 is 11.0 Å². The molecule has 2 aromatic rings. The molecule has 0 aliphatic heterocycles. The van der Waals surface area contributed by atoms with Gasteiger partial charge in [-0.15, -0.1) is 0 Å². The molecule has 136 valence electrons. The summed E-state index contributed by atoms with van der Waals surface area (Å²) >= 11 is 29.1. The zero-order valence-corrected chi connectivity index (χ0v) is 16.3. The molecule has 2 amide bonds. The van der Waals surface area contributed by atoms with Crippen molar-refractivity contribution in [1.29, 1.82) is 0 Å². The minimum atomic E-state index is -0.967. The SMILES string of the molecule is NC(=O)N(C(=S)Nc1cc(Cl)c(Cl)c(Cl)c1Cl)c1cccc([N+](=O)[O-])c1. The van der Waals surface area contributed by atoms with E-state index in [0.29, 0.717) is 0 Å². The van der Waals surface area contributed by atoms with E-state index in [1.807, 2.05) is 0 Å². The van der Waals surface area contributed by atoms with Crippen LogP contribution in [0.25, 0.3) is 0 Å². The average Bonchev–Trinajstić information content (AvgIpc) is 2.57. The van der Waals surface area contributed by atoms with Gasteiger partial charge in [0.1, 0.15) is 0 Å². The fourth-order valence-corrected chi connectivity index (χ4v) is 3.08. The maximum absolute atomic E-state index is 11.8. The van der Waals surface area contributed by atoms with Gasteiger partial charge < -0.3 is 11.1 Å². The van der Waals surface area contributed by atoms with Gasteiger partial charge in [0.2, 0.25) is 0 Å². The first-order valence-electron chi connectivity index (χ1n) is 6.61. The molecule has 0 atom stereocenters. The number of thiocarbonyl (C=S) groups is 1. The van der Waals surface area contributed by atoms with Gasteiger partial charge in [-0.2, -0.15) is 0 Å². The van der Waals surface area contributed by atoms with E-state index in [4.69, 9.17) is 64.4 Å². The molecular formula is C14H8Cl4N4O3S. The zero-order valence-electron chi connectivity index (χ0n) is 12.5. The van der Waals surface area contributed by atoms with Crippen LogP contribution in [-0.4, -0.2) is 16.1 Å². The molecule has 0 heterocycles. The third-order valence-electron chi connectivity index (χ3n) is 3.07. The molecule has 0 unspecified atom stereocenters. The van der Waals surface area contributed by atoms with Crippen molar-refractivity contribution in [1.82, 2.24) is 0 Å². The Bertz CT molecular complexity index is 925. The smallest absolute Gasteiger partial charge is 0.325 e. The second-order valence-electron chi connectivity index (χ2n) is 4.73. The number of halogens is 4. The summed E-state index contributed by atoms with van der Waals surface area (Å²) in [6.45, 7) is 0. The van der Waals surface area contributed by atoms with Crippen molar-refractivity contribution in [2.75, 3.05) is 10.2 Å². The summed E-state index contributed by atoms with van der Waals surface area (Å²) in [6.07, 6.45) is 0. The molecule has 0 saturated heterocycles. The fraction of sp³-hybridized carbons (Fsp3) is 0.